The van der Waals surface area contributed by atoms with Gasteiger partial charge < -0.3 is 4.90 Å². The average molecular weight is 343 g/mol. The number of fused-ring (bicyclic) bond motifs is 1. The molecule has 3 rings (SSSR count). The van der Waals surface area contributed by atoms with Crippen LogP contribution in [0.1, 0.15) is 29.9 Å². The molecule has 1 aromatic rings. The molecule has 0 fully saturated rings. The van der Waals surface area contributed by atoms with E-state index in [1.54, 1.807) is 0 Å². The summed E-state index contributed by atoms with van der Waals surface area (Å²) in [5.41, 5.74) is 2.78. The summed E-state index contributed by atoms with van der Waals surface area (Å²) in [5.74, 6) is 0.508. The molecule has 2 aliphatic rings. The van der Waals surface area contributed by atoms with Crippen LogP contribution in [0, 0.1) is 12.2 Å². The minimum atomic E-state index is 0. The average Bonchev–Trinajstić information content (AvgIpc) is 3.09. The van der Waals surface area contributed by atoms with Crippen molar-refractivity contribution in [2.45, 2.75) is 18.8 Å². The van der Waals surface area contributed by atoms with Crippen molar-refractivity contribution in [1.82, 2.24) is 4.90 Å². The molecule has 0 radical (unpaired) electrons. The van der Waals surface area contributed by atoms with Gasteiger partial charge in [0.05, 0.1) is 0 Å². The molecule has 20 heavy (non-hydrogen) atoms. The largest absolute Gasteiger partial charge is 2.00 e. The normalized spacial score (nSPS) is 17.6. The molecule has 0 saturated heterocycles. The van der Waals surface area contributed by atoms with Crippen LogP contribution in [0.5, 0.6) is 0 Å². The van der Waals surface area contributed by atoms with Crippen LogP contribution in [-0.4, -0.2) is 25.5 Å². The topological polar surface area (TPSA) is 3.24 Å². The Kier molecular flexibility index (Phi) is 8.03. The SMILES string of the molecule is CN(C)CCC1[C-]=Cc2ccccc21.[C-]1=CC=CC1.[Zr+2]. The molecule has 0 saturated carbocycles. The van der Waals surface area contributed by atoms with Gasteiger partial charge in [0.1, 0.15) is 0 Å². The van der Waals surface area contributed by atoms with Gasteiger partial charge in [0.25, 0.3) is 0 Å². The van der Waals surface area contributed by atoms with Gasteiger partial charge in [0, 0.05) is 0 Å². The molecular weight excluding hydrogens is 321 g/mol. The smallest absolute Gasteiger partial charge is 0.309 e. The predicted molar refractivity (Wildman–Crippen MR) is 81.6 cm³/mol. The maximum absolute atomic E-state index is 3.43. The maximum atomic E-state index is 3.43. The molecule has 0 aromatic heterocycles. The van der Waals surface area contributed by atoms with Gasteiger partial charge in [-0.1, -0.05) is 24.1 Å². The van der Waals surface area contributed by atoms with Gasteiger partial charge in [0.2, 0.25) is 0 Å². The van der Waals surface area contributed by atoms with Gasteiger partial charge in [-0.2, -0.15) is 11.6 Å². The van der Waals surface area contributed by atoms with Crippen LogP contribution in [0.15, 0.2) is 42.5 Å². The number of nitrogens with zero attached hydrogens (tertiary/aromatic N) is 1. The van der Waals surface area contributed by atoms with Gasteiger partial charge in [0.15, 0.2) is 0 Å². The summed E-state index contributed by atoms with van der Waals surface area (Å²) in [4.78, 5) is 2.22. The van der Waals surface area contributed by atoms with E-state index in [9.17, 15) is 0 Å². The molecule has 2 heteroatoms. The molecule has 0 heterocycles. The summed E-state index contributed by atoms with van der Waals surface area (Å²) in [6, 6.07) is 8.58. The van der Waals surface area contributed by atoms with Gasteiger partial charge in [-0.15, -0.1) is 18.1 Å². The minimum Gasteiger partial charge on any atom is -0.309 e. The summed E-state index contributed by atoms with van der Waals surface area (Å²) in [7, 11) is 4.23. The third-order valence-electron chi connectivity index (χ3n) is 3.26. The van der Waals surface area contributed by atoms with E-state index in [1.807, 2.05) is 12.2 Å². The van der Waals surface area contributed by atoms with Crippen LogP contribution in [0.4, 0.5) is 0 Å². The van der Waals surface area contributed by atoms with Crippen LogP contribution in [0.25, 0.3) is 6.08 Å². The first-order valence-electron chi connectivity index (χ1n) is 6.82. The van der Waals surface area contributed by atoms with E-state index in [0.717, 1.165) is 13.0 Å². The second-order valence-corrected chi connectivity index (χ2v) is 5.09. The molecule has 1 atom stereocenters. The molecule has 0 bridgehead atoms. The van der Waals surface area contributed by atoms with Crippen LogP contribution in [0.2, 0.25) is 0 Å². The van der Waals surface area contributed by atoms with Crippen molar-refractivity contribution in [2.24, 2.45) is 0 Å². The van der Waals surface area contributed by atoms with Gasteiger partial charge >= 0.3 is 26.2 Å². The van der Waals surface area contributed by atoms with Crippen molar-refractivity contribution in [3.8, 4) is 0 Å². The molecule has 2 aliphatic carbocycles. The van der Waals surface area contributed by atoms with E-state index in [2.05, 4.69) is 67.6 Å². The Hall–Kier alpha value is -0.717. The number of benzene rings is 1. The Bertz CT molecular complexity index is 476. The van der Waals surface area contributed by atoms with Crippen molar-refractivity contribution < 1.29 is 26.2 Å². The van der Waals surface area contributed by atoms with E-state index < -0.39 is 0 Å². The molecule has 0 aliphatic heterocycles. The fourth-order valence-corrected chi connectivity index (χ4v) is 2.21. The van der Waals surface area contributed by atoms with Gasteiger partial charge in [-0.25, -0.2) is 18.2 Å². The first kappa shape index (κ1) is 17.3. The third kappa shape index (κ3) is 5.34. The monoisotopic (exact) mass is 341 g/mol. The first-order chi connectivity index (χ1) is 9.27. The Morgan fingerprint density at radius 1 is 1.25 bits per heavy atom. The molecule has 1 nitrogen and oxygen atoms in total. The number of hydrogen-bond acceptors (Lipinski definition) is 1. The van der Waals surface area contributed by atoms with Crippen molar-refractivity contribution >= 4 is 6.08 Å². The number of rotatable bonds is 3. The zero-order valence-electron chi connectivity index (χ0n) is 12.3. The summed E-state index contributed by atoms with van der Waals surface area (Å²) >= 11 is 0. The van der Waals surface area contributed by atoms with Crippen molar-refractivity contribution in [3.63, 3.8) is 0 Å². The van der Waals surface area contributed by atoms with Gasteiger partial charge in [-0.3, -0.25) is 12.2 Å². The Morgan fingerprint density at radius 3 is 2.65 bits per heavy atom. The van der Waals surface area contributed by atoms with Crippen molar-refractivity contribution in [2.75, 3.05) is 20.6 Å². The number of allylic oxidation sites excluding steroid dienone is 5. The first-order valence-corrected chi connectivity index (χ1v) is 6.82. The van der Waals surface area contributed by atoms with E-state index in [1.165, 1.54) is 17.5 Å². The third-order valence-corrected chi connectivity index (χ3v) is 3.26. The Morgan fingerprint density at radius 2 is 2.05 bits per heavy atom. The number of hydrogen-bond donors (Lipinski definition) is 0. The van der Waals surface area contributed by atoms with Crippen LogP contribution in [-0.2, 0) is 26.2 Å². The molecule has 0 amide bonds. The molecule has 1 aromatic carbocycles. The van der Waals surface area contributed by atoms with Gasteiger partial charge in [-0.05, 0) is 27.1 Å². The van der Waals surface area contributed by atoms with E-state index in [4.69, 9.17) is 0 Å². The van der Waals surface area contributed by atoms with Crippen LogP contribution < -0.4 is 0 Å². The molecule has 0 spiro atoms. The second kappa shape index (κ2) is 9.26. The van der Waals surface area contributed by atoms with Crippen LogP contribution in [0.3, 0.4) is 0 Å². The zero-order chi connectivity index (χ0) is 13.5. The van der Waals surface area contributed by atoms with Crippen LogP contribution >= 0.6 is 0 Å². The molecule has 1 unspecified atom stereocenters. The fourth-order valence-electron chi connectivity index (χ4n) is 2.21. The van der Waals surface area contributed by atoms with E-state index in [-0.39, 0.29) is 26.2 Å². The molecular formula is C18H21NZr. The second-order valence-electron chi connectivity index (χ2n) is 5.09. The fraction of sp³-hybridized carbons (Fsp3) is 0.333. The molecule has 102 valence electrons. The zero-order valence-corrected chi connectivity index (χ0v) is 14.7. The summed E-state index contributed by atoms with van der Waals surface area (Å²) in [5, 5.41) is 0. The Labute approximate surface area is 142 Å². The molecule has 0 N–H and O–H groups in total. The van der Waals surface area contributed by atoms with Crippen molar-refractivity contribution in [1.29, 1.82) is 0 Å². The van der Waals surface area contributed by atoms with E-state index in [0.29, 0.717) is 5.92 Å². The summed E-state index contributed by atoms with van der Waals surface area (Å²) in [6.07, 6.45) is 16.7. The summed E-state index contributed by atoms with van der Waals surface area (Å²) < 4.78 is 0. The predicted octanol–water partition coefficient (Wildman–Crippen LogP) is 3.86. The minimum absolute atomic E-state index is 0. The maximum Gasteiger partial charge on any atom is 2.00 e. The standard InChI is InChI=1S/C13H16N.C5H5.Zr/c1-14(2)10-9-12-8-7-11-5-3-4-6-13(11)12;1-2-4-5-3-1;/h3-7,12H,9-10H2,1-2H3;1-3H,4H2;/q2*-1;+2. The van der Waals surface area contributed by atoms with Crippen molar-refractivity contribution in [3.05, 3.63) is 65.8 Å². The quantitative estimate of drug-likeness (QED) is 0.754. The summed E-state index contributed by atoms with van der Waals surface area (Å²) in [6.45, 7) is 1.12. The Balaban J connectivity index is 0.000000283. The van der Waals surface area contributed by atoms with E-state index >= 15 is 0 Å².